The molecule has 0 spiro atoms. The third-order valence-corrected chi connectivity index (χ3v) is 4.55. The van der Waals surface area contributed by atoms with Crippen LogP contribution < -0.4 is 16.0 Å². The number of hydrogen-bond donors (Lipinski definition) is 4. The summed E-state index contributed by atoms with van der Waals surface area (Å²) in [7, 11) is 0. The Bertz CT molecular complexity index is 762. The minimum atomic E-state index is -1.04. The number of nitro groups is 1. The maximum atomic E-state index is 11.0. The third-order valence-electron chi connectivity index (χ3n) is 3.87. The Morgan fingerprint density at radius 1 is 1.30 bits per heavy atom. The van der Waals surface area contributed by atoms with E-state index in [0.29, 0.717) is 31.3 Å². The van der Waals surface area contributed by atoms with Gasteiger partial charge in [-0.1, -0.05) is 12.1 Å². The van der Waals surface area contributed by atoms with Crippen LogP contribution >= 0.6 is 11.3 Å². The second-order valence-corrected chi connectivity index (χ2v) is 6.89. The summed E-state index contributed by atoms with van der Waals surface area (Å²) in [6, 6.07) is 8.41. The molecule has 0 aliphatic heterocycles. The molecule has 2 aromatic rings. The van der Waals surface area contributed by atoms with Crippen LogP contribution in [0.25, 0.3) is 0 Å². The number of benzene rings is 1. The molecule has 0 saturated carbocycles. The van der Waals surface area contributed by atoms with Gasteiger partial charge in [-0.3, -0.25) is 10.1 Å². The molecule has 1 atom stereocenters. The van der Waals surface area contributed by atoms with Crippen LogP contribution in [0.5, 0.6) is 0 Å². The molecule has 0 amide bonds. The summed E-state index contributed by atoms with van der Waals surface area (Å²) < 4.78 is 0. The van der Waals surface area contributed by atoms with Crippen molar-refractivity contribution >= 4 is 28.7 Å². The zero-order valence-electron chi connectivity index (χ0n) is 15.4. The fourth-order valence-corrected chi connectivity index (χ4v) is 3.18. The van der Waals surface area contributed by atoms with Crippen molar-refractivity contribution in [2.24, 2.45) is 4.99 Å². The van der Waals surface area contributed by atoms with Crippen LogP contribution in [0.3, 0.4) is 0 Å². The molecule has 1 aromatic heterocycles. The highest BCUT2D eigenvalue weighted by Gasteiger charge is 2.23. The van der Waals surface area contributed by atoms with E-state index in [9.17, 15) is 15.2 Å². The van der Waals surface area contributed by atoms with E-state index in [0.717, 1.165) is 5.56 Å². The standard InChI is InChI=1S/C18H25N5O3S/c1-3-19-17(22-13-18(2,24)14-8-11-27-12-14)21-10-9-20-15-6-4-5-7-16(15)23(25)26/h4-8,11-12,20,24H,3,9-10,13H2,1-2H3,(H2,19,21,22). The number of anilines is 1. The van der Waals surface area contributed by atoms with Crippen molar-refractivity contribution in [1.29, 1.82) is 0 Å². The van der Waals surface area contributed by atoms with Crippen molar-refractivity contribution in [3.8, 4) is 0 Å². The Labute approximate surface area is 162 Å². The number of thiophene rings is 1. The van der Waals surface area contributed by atoms with Crippen molar-refractivity contribution in [3.05, 3.63) is 56.8 Å². The summed E-state index contributed by atoms with van der Waals surface area (Å²) >= 11 is 1.53. The fourth-order valence-electron chi connectivity index (χ4n) is 2.40. The summed E-state index contributed by atoms with van der Waals surface area (Å²) in [6.45, 7) is 5.59. The van der Waals surface area contributed by atoms with Crippen LogP contribution in [0, 0.1) is 10.1 Å². The van der Waals surface area contributed by atoms with Crippen LogP contribution in [0.1, 0.15) is 19.4 Å². The van der Waals surface area contributed by atoms with Gasteiger partial charge < -0.3 is 21.1 Å². The van der Waals surface area contributed by atoms with E-state index in [1.807, 2.05) is 23.8 Å². The lowest BCUT2D eigenvalue weighted by molar-refractivity contribution is -0.384. The minimum absolute atomic E-state index is 0.0462. The zero-order chi connectivity index (χ0) is 19.7. The summed E-state index contributed by atoms with van der Waals surface area (Å²) in [5.74, 6) is 0.581. The zero-order valence-corrected chi connectivity index (χ0v) is 16.3. The summed E-state index contributed by atoms with van der Waals surface area (Å²) in [5.41, 5.74) is 0.326. The van der Waals surface area contributed by atoms with Gasteiger partial charge in [0.05, 0.1) is 11.5 Å². The van der Waals surface area contributed by atoms with Crippen LogP contribution in [0.2, 0.25) is 0 Å². The lowest BCUT2D eigenvalue weighted by Crippen LogP contribution is -2.40. The molecule has 0 radical (unpaired) electrons. The summed E-state index contributed by atoms with van der Waals surface area (Å²) in [4.78, 5) is 15.1. The Morgan fingerprint density at radius 2 is 2.07 bits per heavy atom. The largest absolute Gasteiger partial charge is 0.383 e. The van der Waals surface area contributed by atoms with E-state index in [1.54, 1.807) is 25.1 Å². The number of para-hydroxylation sites is 2. The van der Waals surface area contributed by atoms with E-state index in [4.69, 9.17) is 0 Å². The van der Waals surface area contributed by atoms with Gasteiger partial charge in [0.25, 0.3) is 5.69 Å². The maximum absolute atomic E-state index is 11.0. The number of hydrogen-bond acceptors (Lipinski definition) is 6. The molecule has 1 aromatic carbocycles. The van der Waals surface area contributed by atoms with Gasteiger partial charge in [0.2, 0.25) is 0 Å². The quantitative estimate of drug-likeness (QED) is 0.172. The van der Waals surface area contributed by atoms with E-state index in [-0.39, 0.29) is 12.2 Å². The van der Waals surface area contributed by atoms with E-state index in [2.05, 4.69) is 20.9 Å². The number of rotatable bonds is 9. The number of aliphatic hydroxyl groups is 1. The molecule has 8 nitrogen and oxygen atoms in total. The Hall–Kier alpha value is -2.65. The Kier molecular flexibility index (Phi) is 7.56. The lowest BCUT2D eigenvalue weighted by Gasteiger charge is -2.21. The molecule has 9 heteroatoms. The minimum Gasteiger partial charge on any atom is -0.383 e. The lowest BCUT2D eigenvalue weighted by atomic mass is 10.00. The Morgan fingerprint density at radius 3 is 2.74 bits per heavy atom. The molecule has 146 valence electrons. The van der Waals surface area contributed by atoms with Gasteiger partial charge in [0, 0.05) is 25.7 Å². The molecule has 0 bridgehead atoms. The van der Waals surface area contributed by atoms with Crippen molar-refractivity contribution < 1.29 is 10.0 Å². The molecular weight excluding hydrogens is 366 g/mol. The SMILES string of the molecule is CCNC(=NCC(C)(O)c1ccsc1)NCCNc1ccccc1[N+](=O)[O-]. The number of nitrogens with zero attached hydrogens (tertiary/aromatic N) is 2. The van der Waals surface area contributed by atoms with Gasteiger partial charge in [-0.25, -0.2) is 4.99 Å². The highest BCUT2D eigenvalue weighted by molar-refractivity contribution is 7.08. The predicted molar refractivity (Wildman–Crippen MR) is 109 cm³/mol. The number of nitrogens with one attached hydrogen (secondary N) is 3. The fraction of sp³-hybridized carbons (Fsp3) is 0.389. The molecule has 0 aliphatic rings. The molecule has 0 fully saturated rings. The molecule has 1 unspecified atom stereocenters. The molecular formula is C18H25N5O3S. The maximum Gasteiger partial charge on any atom is 0.292 e. The second kappa shape index (κ2) is 9.89. The highest BCUT2D eigenvalue weighted by Crippen LogP contribution is 2.23. The normalized spacial score (nSPS) is 13.7. The van der Waals surface area contributed by atoms with Gasteiger partial charge in [-0.2, -0.15) is 11.3 Å². The van der Waals surface area contributed by atoms with Gasteiger partial charge in [-0.15, -0.1) is 0 Å². The average molecular weight is 391 g/mol. The summed E-state index contributed by atoms with van der Waals surface area (Å²) in [6.07, 6.45) is 0. The topological polar surface area (TPSA) is 112 Å². The van der Waals surface area contributed by atoms with Crippen molar-refractivity contribution in [3.63, 3.8) is 0 Å². The van der Waals surface area contributed by atoms with Gasteiger partial charge in [0.15, 0.2) is 5.96 Å². The molecule has 2 rings (SSSR count). The van der Waals surface area contributed by atoms with Crippen LogP contribution in [0.4, 0.5) is 11.4 Å². The van der Waals surface area contributed by atoms with Gasteiger partial charge in [-0.05, 0) is 42.3 Å². The average Bonchev–Trinajstić information content (AvgIpc) is 3.19. The van der Waals surface area contributed by atoms with E-state index in [1.165, 1.54) is 17.4 Å². The first-order chi connectivity index (χ1) is 12.9. The van der Waals surface area contributed by atoms with Gasteiger partial charge >= 0.3 is 0 Å². The predicted octanol–water partition coefficient (Wildman–Crippen LogP) is 2.53. The van der Waals surface area contributed by atoms with E-state index < -0.39 is 10.5 Å². The summed E-state index contributed by atoms with van der Waals surface area (Å²) in [5, 5.41) is 34.7. The number of aliphatic imine (C=N–C) groups is 1. The number of guanidine groups is 1. The number of nitro benzene ring substituents is 1. The van der Waals surface area contributed by atoms with E-state index >= 15 is 0 Å². The second-order valence-electron chi connectivity index (χ2n) is 6.11. The smallest absolute Gasteiger partial charge is 0.292 e. The first-order valence-electron chi connectivity index (χ1n) is 8.68. The Balaban J connectivity index is 1.88. The van der Waals surface area contributed by atoms with Crippen molar-refractivity contribution in [2.75, 3.05) is 31.5 Å². The monoisotopic (exact) mass is 391 g/mol. The first-order valence-corrected chi connectivity index (χ1v) is 9.63. The van der Waals surface area contributed by atoms with Crippen molar-refractivity contribution in [2.45, 2.75) is 19.4 Å². The first kappa shape index (κ1) is 20.7. The third kappa shape index (κ3) is 6.22. The molecule has 1 heterocycles. The highest BCUT2D eigenvalue weighted by atomic mass is 32.1. The van der Waals surface area contributed by atoms with Crippen LogP contribution in [-0.4, -0.2) is 42.2 Å². The van der Waals surface area contributed by atoms with Gasteiger partial charge in [0.1, 0.15) is 11.3 Å². The molecule has 0 aliphatic carbocycles. The molecule has 4 N–H and O–H groups in total. The van der Waals surface area contributed by atoms with Crippen molar-refractivity contribution in [1.82, 2.24) is 10.6 Å². The molecule has 0 saturated heterocycles. The van der Waals surface area contributed by atoms with Crippen LogP contribution in [-0.2, 0) is 5.60 Å². The molecule has 27 heavy (non-hydrogen) atoms. The van der Waals surface area contributed by atoms with Crippen LogP contribution in [0.15, 0.2) is 46.1 Å².